The Morgan fingerprint density at radius 3 is 2.78 bits per heavy atom. The second-order valence-electron chi connectivity index (χ2n) is 6.68. The molecule has 0 atom stereocenters. The number of guanidine groups is 1. The van der Waals surface area contributed by atoms with E-state index in [-0.39, 0.29) is 5.91 Å². The van der Waals surface area contributed by atoms with Gasteiger partial charge in [-0.15, -0.1) is 0 Å². The number of aliphatic imine (C=N–C) groups is 1. The molecule has 0 radical (unpaired) electrons. The van der Waals surface area contributed by atoms with E-state index < -0.39 is 0 Å². The molecule has 1 aromatic carbocycles. The van der Waals surface area contributed by atoms with Gasteiger partial charge in [-0.1, -0.05) is 22.0 Å². The zero-order chi connectivity index (χ0) is 19.3. The first kappa shape index (κ1) is 21.7. The van der Waals surface area contributed by atoms with E-state index in [0.29, 0.717) is 18.7 Å². The molecule has 27 heavy (non-hydrogen) atoms. The lowest BCUT2D eigenvalue weighted by atomic mass is 10.2. The predicted molar refractivity (Wildman–Crippen MR) is 113 cm³/mol. The summed E-state index contributed by atoms with van der Waals surface area (Å²) < 4.78 is 6.54. The molecule has 0 unspecified atom stereocenters. The Morgan fingerprint density at radius 2 is 2.04 bits per heavy atom. The normalized spacial score (nSPS) is 14.1. The average Bonchev–Trinajstić information content (AvgIpc) is 3.48. The first-order valence-corrected chi connectivity index (χ1v) is 10.6. The maximum Gasteiger partial charge on any atom is 0.251 e. The number of amides is 1. The summed E-state index contributed by atoms with van der Waals surface area (Å²) in [6.45, 7) is 6.69. The number of ether oxygens (including phenoxy) is 1. The fourth-order valence-electron chi connectivity index (χ4n) is 2.46. The molecule has 1 aromatic rings. The molecule has 3 N–H and O–H groups in total. The van der Waals surface area contributed by atoms with Gasteiger partial charge < -0.3 is 20.7 Å². The lowest BCUT2D eigenvalue weighted by molar-refractivity contribution is 0.0953. The topological polar surface area (TPSA) is 74.8 Å². The molecule has 0 aromatic heterocycles. The van der Waals surface area contributed by atoms with Crippen LogP contribution in [0.25, 0.3) is 0 Å². The maximum atomic E-state index is 12.1. The summed E-state index contributed by atoms with van der Waals surface area (Å²) in [7, 11) is 0. The minimum Gasteiger partial charge on any atom is -0.381 e. The van der Waals surface area contributed by atoms with Gasteiger partial charge in [0.15, 0.2) is 5.96 Å². The van der Waals surface area contributed by atoms with Gasteiger partial charge in [0.25, 0.3) is 5.91 Å². The number of carbonyl (C=O) groups is 1. The summed E-state index contributed by atoms with van der Waals surface area (Å²) in [6, 6.07) is 7.38. The first-order valence-electron chi connectivity index (χ1n) is 9.82. The zero-order valence-corrected chi connectivity index (χ0v) is 17.7. The quantitative estimate of drug-likeness (QED) is 0.266. The number of nitrogens with zero attached hydrogens (tertiary/aromatic N) is 1. The predicted octanol–water partition coefficient (Wildman–Crippen LogP) is 2.94. The minimum absolute atomic E-state index is 0.0588. The highest BCUT2D eigenvalue weighted by Gasteiger charge is 2.20. The Morgan fingerprint density at radius 1 is 1.22 bits per heavy atom. The van der Waals surface area contributed by atoms with Gasteiger partial charge in [-0.05, 0) is 56.7 Å². The first-order chi connectivity index (χ1) is 13.2. The van der Waals surface area contributed by atoms with Crippen molar-refractivity contribution in [1.82, 2.24) is 16.0 Å². The van der Waals surface area contributed by atoms with Crippen LogP contribution < -0.4 is 16.0 Å². The van der Waals surface area contributed by atoms with Crippen LogP contribution in [0.15, 0.2) is 33.7 Å². The summed E-state index contributed by atoms with van der Waals surface area (Å²) in [5.74, 6) is 1.58. The van der Waals surface area contributed by atoms with Crippen molar-refractivity contribution in [3.05, 3.63) is 34.3 Å². The standard InChI is InChI=1S/C20H31BrN4O2/c1-2-22-20(25-12-5-13-27-15-16-8-9-16)24-11-4-10-23-19(26)17-6-3-7-18(21)14-17/h3,6-7,14,16H,2,4-5,8-13,15H2,1H3,(H,23,26)(H2,22,24,25). The number of benzene rings is 1. The smallest absolute Gasteiger partial charge is 0.251 e. The molecule has 1 aliphatic rings. The molecule has 0 bridgehead atoms. The summed E-state index contributed by atoms with van der Waals surface area (Å²) in [5, 5.41) is 9.49. The molecule has 1 saturated carbocycles. The van der Waals surface area contributed by atoms with Gasteiger partial charge in [0, 0.05) is 49.4 Å². The number of carbonyl (C=O) groups excluding carboxylic acids is 1. The Balaban J connectivity index is 1.57. The fourth-order valence-corrected chi connectivity index (χ4v) is 2.86. The average molecular weight is 439 g/mol. The van der Waals surface area contributed by atoms with E-state index in [2.05, 4.69) is 36.9 Å². The summed E-state index contributed by atoms with van der Waals surface area (Å²) in [4.78, 5) is 16.6. The van der Waals surface area contributed by atoms with Crippen LogP contribution in [0.5, 0.6) is 0 Å². The molecule has 7 heteroatoms. The van der Waals surface area contributed by atoms with Gasteiger partial charge in [0.1, 0.15) is 0 Å². The molecule has 0 saturated heterocycles. The van der Waals surface area contributed by atoms with E-state index in [1.807, 2.05) is 25.1 Å². The zero-order valence-electron chi connectivity index (χ0n) is 16.1. The van der Waals surface area contributed by atoms with Crippen molar-refractivity contribution in [2.75, 3.05) is 39.4 Å². The van der Waals surface area contributed by atoms with Crippen molar-refractivity contribution >= 4 is 27.8 Å². The number of hydrogen-bond acceptors (Lipinski definition) is 3. The van der Waals surface area contributed by atoms with Crippen LogP contribution in [-0.2, 0) is 4.74 Å². The highest BCUT2D eigenvalue weighted by molar-refractivity contribution is 9.10. The Hall–Kier alpha value is -1.60. The Bertz CT molecular complexity index is 605. The van der Waals surface area contributed by atoms with Crippen LogP contribution in [-0.4, -0.2) is 51.3 Å². The van der Waals surface area contributed by atoms with E-state index in [0.717, 1.165) is 55.5 Å². The third-order valence-corrected chi connectivity index (χ3v) is 4.62. The largest absolute Gasteiger partial charge is 0.381 e. The van der Waals surface area contributed by atoms with Crippen LogP contribution in [0.4, 0.5) is 0 Å². The third-order valence-electron chi connectivity index (χ3n) is 4.13. The molecular formula is C20H31BrN4O2. The number of rotatable bonds is 12. The summed E-state index contributed by atoms with van der Waals surface area (Å²) >= 11 is 3.38. The van der Waals surface area contributed by atoms with E-state index in [1.165, 1.54) is 12.8 Å². The molecular weight excluding hydrogens is 408 g/mol. The molecule has 1 aliphatic carbocycles. The van der Waals surface area contributed by atoms with Crippen LogP contribution in [0.2, 0.25) is 0 Å². The second kappa shape index (κ2) is 12.7. The van der Waals surface area contributed by atoms with E-state index in [1.54, 1.807) is 6.07 Å². The molecule has 1 amide bonds. The lowest BCUT2D eigenvalue weighted by Gasteiger charge is -2.11. The van der Waals surface area contributed by atoms with Crippen molar-refractivity contribution in [1.29, 1.82) is 0 Å². The Kier molecular flexibility index (Phi) is 10.2. The molecule has 1 fully saturated rings. The van der Waals surface area contributed by atoms with E-state index in [9.17, 15) is 4.79 Å². The van der Waals surface area contributed by atoms with E-state index >= 15 is 0 Å². The SMILES string of the molecule is CCNC(=NCCCNC(=O)c1cccc(Br)c1)NCCCOCC1CC1. The van der Waals surface area contributed by atoms with Crippen LogP contribution in [0, 0.1) is 5.92 Å². The van der Waals surface area contributed by atoms with Crippen molar-refractivity contribution in [2.45, 2.75) is 32.6 Å². The van der Waals surface area contributed by atoms with Crippen molar-refractivity contribution in [2.24, 2.45) is 10.9 Å². The van der Waals surface area contributed by atoms with Gasteiger partial charge in [-0.3, -0.25) is 9.79 Å². The highest BCUT2D eigenvalue weighted by atomic mass is 79.9. The van der Waals surface area contributed by atoms with Crippen LogP contribution in [0.3, 0.4) is 0 Å². The van der Waals surface area contributed by atoms with Gasteiger partial charge in [0.2, 0.25) is 0 Å². The van der Waals surface area contributed by atoms with Crippen molar-refractivity contribution in [3.8, 4) is 0 Å². The summed E-state index contributed by atoms with van der Waals surface area (Å²) in [5.41, 5.74) is 0.659. The molecule has 0 spiro atoms. The third kappa shape index (κ3) is 9.77. The number of nitrogens with one attached hydrogen (secondary N) is 3. The fraction of sp³-hybridized carbons (Fsp3) is 0.600. The molecule has 2 rings (SSSR count). The van der Waals surface area contributed by atoms with Gasteiger partial charge in [-0.2, -0.15) is 0 Å². The lowest BCUT2D eigenvalue weighted by Crippen LogP contribution is -2.38. The maximum absolute atomic E-state index is 12.1. The summed E-state index contributed by atoms with van der Waals surface area (Å²) in [6.07, 6.45) is 4.43. The van der Waals surface area contributed by atoms with Gasteiger partial charge in [0.05, 0.1) is 0 Å². The number of hydrogen-bond donors (Lipinski definition) is 3. The molecule has 0 heterocycles. The van der Waals surface area contributed by atoms with Gasteiger partial charge in [-0.25, -0.2) is 0 Å². The second-order valence-corrected chi connectivity index (χ2v) is 7.59. The number of halogens is 1. The Labute approximate surface area is 170 Å². The van der Waals surface area contributed by atoms with Crippen LogP contribution >= 0.6 is 15.9 Å². The van der Waals surface area contributed by atoms with E-state index in [4.69, 9.17) is 4.74 Å². The van der Waals surface area contributed by atoms with Crippen molar-refractivity contribution < 1.29 is 9.53 Å². The van der Waals surface area contributed by atoms with Crippen LogP contribution in [0.1, 0.15) is 43.0 Å². The molecule has 150 valence electrons. The van der Waals surface area contributed by atoms with Gasteiger partial charge >= 0.3 is 0 Å². The molecule has 6 nitrogen and oxygen atoms in total. The minimum atomic E-state index is -0.0588. The monoisotopic (exact) mass is 438 g/mol. The molecule has 0 aliphatic heterocycles. The highest BCUT2D eigenvalue weighted by Crippen LogP contribution is 2.28. The van der Waals surface area contributed by atoms with Crippen molar-refractivity contribution in [3.63, 3.8) is 0 Å².